The molecule has 1 aliphatic carbocycles. The van der Waals surface area contributed by atoms with Gasteiger partial charge in [-0.15, -0.1) is 0 Å². The first-order valence-electron chi connectivity index (χ1n) is 4.04. The van der Waals surface area contributed by atoms with Crippen LogP contribution in [0.5, 0.6) is 5.75 Å². The summed E-state index contributed by atoms with van der Waals surface area (Å²) in [5, 5.41) is 0. The number of aryl methyl sites for hydroxylation is 1. The third-order valence-corrected chi connectivity index (χ3v) is 1.77. The number of hydrogen-bond acceptors (Lipinski definition) is 2. The molecule has 0 atom stereocenters. The van der Waals surface area contributed by atoms with Crippen LogP contribution in [-0.4, -0.2) is 11.1 Å². The lowest BCUT2D eigenvalue weighted by Gasteiger charge is -2.04. The third kappa shape index (κ3) is 1.55. The van der Waals surface area contributed by atoms with Crippen molar-refractivity contribution < 1.29 is 9.13 Å². The summed E-state index contributed by atoms with van der Waals surface area (Å²) in [6.07, 6.45) is 3.74. The van der Waals surface area contributed by atoms with Crippen LogP contribution in [0.3, 0.4) is 0 Å². The van der Waals surface area contributed by atoms with E-state index in [1.165, 1.54) is 12.3 Å². The van der Waals surface area contributed by atoms with Crippen molar-refractivity contribution in [2.75, 3.05) is 0 Å². The molecular weight excluding hydrogens is 157 g/mol. The molecule has 1 saturated carbocycles. The highest BCUT2D eigenvalue weighted by molar-refractivity contribution is 5.22. The summed E-state index contributed by atoms with van der Waals surface area (Å²) in [5.74, 6) is -0.0301. The summed E-state index contributed by atoms with van der Waals surface area (Å²) < 4.78 is 18.3. The van der Waals surface area contributed by atoms with Crippen LogP contribution in [0.15, 0.2) is 12.3 Å². The standard InChI is InChI=1S/C9H10FNO/c1-6-4-8(10)9(5-11-6)12-7-2-3-7/h4-5,7H,2-3H2,1H3. The van der Waals surface area contributed by atoms with Gasteiger partial charge in [0.25, 0.3) is 0 Å². The Morgan fingerprint density at radius 2 is 2.33 bits per heavy atom. The van der Waals surface area contributed by atoms with Crippen molar-refractivity contribution in [3.8, 4) is 5.75 Å². The Hall–Kier alpha value is -1.12. The van der Waals surface area contributed by atoms with Crippen LogP contribution in [0.4, 0.5) is 4.39 Å². The maximum atomic E-state index is 13.1. The Balaban J connectivity index is 2.18. The van der Waals surface area contributed by atoms with Crippen LogP contribution in [-0.2, 0) is 0 Å². The summed E-state index contributed by atoms with van der Waals surface area (Å²) >= 11 is 0. The van der Waals surface area contributed by atoms with Gasteiger partial charge in [-0.3, -0.25) is 4.98 Å². The highest BCUT2D eigenvalue weighted by Crippen LogP contribution is 2.27. The van der Waals surface area contributed by atoms with Crippen LogP contribution in [0.25, 0.3) is 0 Å². The molecular formula is C9H10FNO. The van der Waals surface area contributed by atoms with E-state index in [0.717, 1.165) is 12.8 Å². The Labute approximate surface area is 70.4 Å². The molecule has 1 aliphatic rings. The van der Waals surface area contributed by atoms with E-state index in [-0.39, 0.29) is 17.7 Å². The summed E-state index contributed by atoms with van der Waals surface area (Å²) in [6.45, 7) is 1.75. The van der Waals surface area contributed by atoms with Crippen LogP contribution >= 0.6 is 0 Å². The fraction of sp³-hybridized carbons (Fsp3) is 0.444. The molecule has 0 aliphatic heterocycles. The smallest absolute Gasteiger partial charge is 0.173 e. The Morgan fingerprint density at radius 3 is 2.92 bits per heavy atom. The van der Waals surface area contributed by atoms with Gasteiger partial charge in [-0.05, 0) is 25.8 Å². The zero-order chi connectivity index (χ0) is 8.55. The molecule has 0 bridgehead atoms. The zero-order valence-corrected chi connectivity index (χ0v) is 6.88. The van der Waals surface area contributed by atoms with Crippen LogP contribution < -0.4 is 4.74 Å². The van der Waals surface area contributed by atoms with E-state index in [1.807, 2.05) is 0 Å². The van der Waals surface area contributed by atoms with E-state index in [2.05, 4.69) is 4.98 Å². The average molecular weight is 167 g/mol. The molecule has 0 saturated heterocycles. The quantitative estimate of drug-likeness (QED) is 0.672. The van der Waals surface area contributed by atoms with Crippen molar-refractivity contribution >= 4 is 0 Å². The molecule has 0 aromatic carbocycles. The molecule has 12 heavy (non-hydrogen) atoms. The van der Waals surface area contributed by atoms with Gasteiger partial charge in [-0.25, -0.2) is 4.39 Å². The Morgan fingerprint density at radius 1 is 1.58 bits per heavy atom. The van der Waals surface area contributed by atoms with Crippen LogP contribution in [0.1, 0.15) is 18.5 Å². The summed E-state index contributed by atoms with van der Waals surface area (Å²) in [6, 6.07) is 1.39. The lowest BCUT2D eigenvalue weighted by Crippen LogP contribution is -1.99. The molecule has 0 amide bonds. The second kappa shape index (κ2) is 2.73. The number of rotatable bonds is 2. The van der Waals surface area contributed by atoms with E-state index in [0.29, 0.717) is 5.69 Å². The van der Waals surface area contributed by atoms with Gasteiger partial charge in [0.05, 0.1) is 12.3 Å². The second-order valence-electron chi connectivity index (χ2n) is 3.07. The summed E-state index contributed by atoms with van der Waals surface area (Å²) in [7, 11) is 0. The van der Waals surface area contributed by atoms with Crippen molar-refractivity contribution in [3.05, 3.63) is 23.8 Å². The van der Waals surface area contributed by atoms with Crippen molar-refractivity contribution in [3.63, 3.8) is 0 Å². The predicted molar refractivity (Wildman–Crippen MR) is 42.6 cm³/mol. The molecule has 0 radical (unpaired) electrons. The topological polar surface area (TPSA) is 22.1 Å². The molecule has 0 spiro atoms. The van der Waals surface area contributed by atoms with Crippen LogP contribution in [0, 0.1) is 12.7 Å². The minimum Gasteiger partial charge on any atom is -0.486 e. The lowest BCUT2D eigenvalue weighted by atomic mass is 10.3. The van der Waals surface area contributed by atoms with Gasteiger partial charge in [0.2, 0.25) is 0 Å². The maximum absolute atomic E-state index is 13.1. The minimum atomic E-state index is -0.311. The largest absolute Gasteiger partial charge is 0.486 e. The lowest BCUT2D eigenvalue weighted by molar-refractivity contribution is 0.286. The highest BCUT2D eigenvalue weighted by atomic mass is 19.1. The van der Waals surface area contributed by atoms with Crippen molar-refractivity contribution in [1.29, 1.82) is 0 Å². The molecule has 3 heteroatoms. The maximum Gasteiger partial charge on any atom is 0.173 e. The number of halogens is 1. The van der Waals surface area contributed by atoms with Crippen molar-refractivity contribution in [1.82, 2.24) is 4.98 Å². The van der Waals surface area contributed by atoms with Gasteiger partial charge in [0, 0.05) is 5.69 Å². The van der Waals surface area contributed by atoms with E-state index in [4.69, 9.17) is 4.74 Å². The van der Waals surface area contributed by atoms with Crippen molar-refractivity contribution in [2.45, 2.75) is 25.9 Å². The Bertz CT molecular complexity index is 297. The molecule has 2 rings (SSSR count). The molecule has 1 aromatic rings. The molecule has 1 aromatic heterocycles. The van der Waals surface area contributed by atoms with Crippen LogP contribution in [0.2, 0.25) is 0 Å². The molecule has 64 valence electrons. The number of pyridine rings is 1. The van der Waals surface area contributed by atoms with Gasteiger partial charge in [-0.2, -0.15) is 0 Å². The first-order chi connectivity index (χ1) is 5.75. The summed E-state index contributed by atoms with van der Waals surface area (Å²) in [5.41, 5.74) is 0.677. The van der Waals surface area contributed by atoms with Gasteiger partial charge in [0.15, 0.2) is 11.6 Å². The average Bonchev–Trinajstić information content (AvgIpc) is 2.79. The zero-order valence-electron chi connectivity index (χ0n) is 6.88. The highest BCUT2D eigenvalue weighted by Gasteiger charge is 2.24. The third-order valence-electron chi connectivity index (χ3n) is 1.77. The number of ether oxygens (including phenoxy) is 1. The van der Waals surface area contributed by atoms with E-state index in [9.17, 15) is 4.39 Å². The fourth-order valence-electron chi connectivity index (χ4n) is 0.966. The first kappa shape index (κ1) is 7.53. The fourth-order valence-corrected chi connectivity index (χ4v) is 0.966. The van der Waals surface area contributed by atoms with Gasteiger partial charge in [0.1, 0.15) is 0 Å². The van der Waals surface area contributed by atoms with E-state index in [1.54, 1.807) is 6.92 Å². The van der Waals surface area contributed by atoms with Gasteiger partial charge < -0.3 is 4.74 Å². The SMILES string of the molecule is Cc1cc(F)c(OC2CC2)cn1. The molecule has 1 fully saturated rings. The number of nitrogens with zero attached hydrogens (tertiary/aromatic N) is 1. The molecule has 1 heterocycles. The summed E-state index contributed by atoms with van der Waals surface area (Å²) in [4.78, 5) is 3.96. The Kier molecular flexibility index (Phi) is 1.71. The predicted octanol–water partition coefficient (Wildman–Crippen LogP) is 2.07. The van der Waals surface area contributed by atoms with E-state index < -0.39 is 0 Å². The van der Waals surface area contributed by atoms with Crippen molar-refractivity contribution in [2.24, 2.45) is 0 Å². The second-order valence-corrected chi connectivity index (χ2v) is 3.07. The molecule has 0 unspecified atom stereocenters. The molecule has 2 nitrogen and oxygen atoms in total. The minimum absolute atomic E-state index is 0.226. The van der Waals surface area contributed by atoms with Gasteiger partial charge in [-0.1, -0.05) is 0 Å². The van der Waals surface area contributed by atoms with Gasteiger partial charge >= 0.3 is 0 Å². The molecule has 0 N–H and O–H groups in total. The monoisotopic (exact) mass is 167 g/mol. The first-order valence-corrected chi connectivity index (χ1v) is 4.04. The van der Waals surface area contributed by atoms with E-state index >= 15 is 0 Å². The number of hydrogen-bond donors (Lipinski definition) is 0. The number of aromatic nitrogens is 1. The normalized spacial score (nSPS) is 16.2.